The van der Waals surface area contributed by atoms with E-state index in [2.05, 4.69) is 10.6 Å². The molecule has 0 fully saturated rings. The average Bonchev–Trinajstić information content (AvgIpc) is 2.51. The molecule has 24 heavy (non-hydrogen) atoms. The van der Waals surface area contributed by atoms with Crippen molar-refractivity contribution < 1.29 is 18.7 Å². The molecule has 5 nitrogen and oxygen atoms in total. The minimum atomic E-state index is -0.641. The molecule has 2 aromatic rings. The van der Waals surface area contributed by atoms with Crippen LogP contribution in [0.25, 0.3) is 0 Å². The number of ether oxygens (including phenoxy) is 1. The van der Waals surface area contributed by atoms with Gasteiger partial charge in [0.1, 0.15) is 11.6 Å². The molecule has 0 bridgehead atoms. The fraction of sp³-hybridized carbons (Fsp3) is 0.125. The Morgan fingerprint density at radius 3 is 2.58 bits per heavy atom. The summed E-state index contributed by atoms with van der Waals surface area (Å²) >= 11 is 11.7. The van der Waals surface area contributed by atoms with Gasteiger partial charge in [-0.1, -0.05) is 23.2 Å². The summed E-state index contributed by atoms with van der Waals surface area (Å²) in [7, 11) is 0. The van der Waals surface area contributed by atoms with Crippen molar-refractivity contribution in [2.75, 3.05) is 17.2 Å². The first-order valence-corrected chi connectivity index (χ1v) is 7.55. The fourth-order valence-corrected chi connectivity index (χ4v) is 2.15. The summed E-state index contributed by atoms with van der Waals surface area (Å²) in [6.45, 7) is 0.939. The van der Waals surface area contributed by atoms with Gasteiger partial charge in [0.25, 0.3) is 5.91 Å². The molecule has 0 aliphatic heterocycles. The zero-order valence-electron chi connectivity index (χ0n) is 12.5. The smallest absolute Gasteiger partial charge is 0.262 e. The van der Waals surface area contributed by atoms with Crippen molar-refractivity contribution >= 4 is 46.4 Å². The lowest BCUT2D eigenvalue weighted by Crippen LogP contribution is -2.21. The van der Waals surface area contributed by atoms with E-state index in [1.807, 2.05) is 0 Å². The SMILES string of the molecule is CC(=O)Nc1ccc(F)c(NC(=O)COc2cc(Cl)ccc2Cl)c1. The predicted octanol–water partition coefficient (Wildman–Crippen LogP) is 4.11. The Labute approximate surface area is 147 Å². The van der Waals surface area contributed by atoms with E-state index in [9.17, 15) is 14.0 Å². The van der Waals surface area contributed by atoms with Crippen LogP contribution in [0.3, 0.4) is 0 Å². The Kier molecular flexibility index (Phi) is 6.00. The van der Waals surface area contributed by atoms with Crippen molar-refractivity contribution in [3.8, 4) is 5.75 Å². The van der Waals surface area contributed by atoms with Gasteiger partial charge in [-0.05, 0) is 30.3 Å². The molecular formula is C16H13Cl2FN2O3. The Morgan fingerprint density at radius 2 is 1.88 bits per heavy atom. The van der Waals surface area contributed by atoms with Crippen molar-refractivity contribution in [3.05, 3.63) is 52.3 Å². The van der Waals surface area contributed by atoms with Gasteiger partial charge in [0.2, 0.25) is 5.91 Å². The molecule has 0 radical (unpaired) electrons. The third-order valence-corrected chi connectivity index (χ3v) is 3.36. The van der Waals surface area contributed by atoms with Gasteiger partial charge < -0.3 is 15.4 Å². The number of halogens is 3. The number of nitrogens with one attached hydrogen (secondary N) is 2. The van der Waals surface area contributed by atoms with Crippen LogP contribution >= 0.6 is 23.2 Å². The molecule has 8 heteroatoms. The summed E-state index contributed by atoms with van der Waals surface area (Å²) < 4.78 is 19.0. The lowest BCUT2D eigenvalue weighted by molar-refractivity contribution is -0.118. The number of carbonyl (C=O) groups is 2. The van der Waals surface area contributed by atoms with Gasteiger partial charge in [0, 0.05) is 23.7 Å². The average molecular weight is 371 g/mol. The predicted molar refractivity (Wildman–Crippen MR) is 91.3 cm³/mol. The zero-order chi connectivity index (χ0) is 17.7. The second-order valence-corrected chi connectivity index (χ2v) is 5.63. The standard InChI is InChI=1S/C16H13Cl2FN2O3/c1-9(22)20-11-3-5-13(19)14(7-11)21-16(23)8-24-15-6-10(17)2-4-12(15)18/h2-7H,8H2,1H3,(H,20,22)(H,21,23). The maximum Gasteiger partial charge on any atom is 0.262 e. The molecule has 2 amide bonds. The largest absolute Gasteiger partial charge is 0.482 e. The monoisotopic (exact) mass is 370 g/mol. The van der Waals surface area contributed by atoms with Gasteiger partial charge in [0.05, 0.1) is 10.7 Å². The van der Waals surface area contributed by atoms with E-state index in [0.717, 1.165) is 6.07 Å². The molecule has 0 aliphatic rings. The Balaban J connectivity index is 2.01. The third-order valence-electron chi connectivity index (χ3n) is 2.81. The Morgan fingerprint density at radius 1 is 1.12 bits per heavy atom. The summed E-state index contributed by atoms with van der Waals surface area (Å²) in [5, 5.41) is 5.56. The van der Waals surface area contributed by atoms with Crippen molar-refractivity contribution in [2.24, 2.45) is 0 Å². The van der Waals surface area contributed by atoms with Crippen LogP contribution in [0.5, 0.6) is 5.75 Å². The molecule has 2 rings (SSSR count). The van der Waals surface area contributed by atoms with Crippen molar-refractivity contribution in [1.82, 2.24) is 0 Å². The molecular weight excluding hydrogens is 358 g/mol. The minimum absolute atomic E-state index is 0.0768. The summed E-state index contributed by atoms with van der Waals surface area (Å²) in [4.78, 5) is 22.9. The van der Waals surface area contributed by atoms with Gasteiger partial charge in [0.15, 0.2) is 6.61 Å². The highest BCUT2D eigenvalue weighted by Crippen LogP contribution is 2.27. The normalized spacial score (nSPS) is 10.2. The highest BCUT2D eigenvalue weighted by molar-refractivity contribution is 6.34. The van der Waals surface area contributed by atoms with Crippen LogP contribution in [0.4, 0.5) is 15.8 Å². The second kappa shape index (κ2) is 7.99. The van der Waals surface area contributed by atoms with Crippen LogP contribution in [-0.4, -0.2) is 18.4 Å². The molecule has 0 unspecified atom stereocenters. The highest BCUT2D eigenvalue weighted by Gasteiger charge is 2.11. The lowest BCUT2D eigenvalue weighted by Gasteiger charge is -2.11. The maximum atomic E-state index is 13.7. The number of rotatable bonds is 5. The maximum absolute atomic E-state index is 13.7. The number of hydrogen-bond donors (Lipinski definition) is 2. The molecule has 0 aromatic heterocycles. The quantitative estimate of drug-likeness (QED) is 0.831. The van der Waals surface area contributed by atoms with Gasteiger partial charge in [-0.3, -0.25) is 9.59 Å². The number of anilines is 2. The summed E-state index contributed by atoms with van der Waals surface area (Å²) in [6, 6.07) is 8.41. The molecule has 0 saturated carbocycles. The van der Waals surface area contributed by atoms with Gasteiger partial charge in [-0.2, -0.15) is 0 Å². The molecule has 0 aliphatic carbocycles. The summed E-state index contributed by atoms with van der Waals surface area (Å²) in [5.41, 5.74) is 0.282. The summed E-state index contributed by atoms with van der Waals surface area (Å²) in [6.07, 6.45) is 0. The van der Waals surface area contributed by atoms with E-state index in [-0.39, 0.29) is 24.0 Å². The summed E-state index contributed by atoms with van der Waals surface area (Å²) in [5.74, 6) is -1.30. The van der Waals surface area contributed by atoms with Crippen molar-refractivity contribution in [2.45, 2.75) is 6.92 Å². The first kappa shape index (κ1) is 18.0. The number of amides is 2. The van der Waals surface area contributed by atoms with E-state index in [4.69, 9.17) is 27.9 Å². The van der Waals surface area contributed by atoms with Crippen LogP contribution in [0.15, 0.2) is 36.4 Å². The molecule has 0 spiro atoms. The number of carbonyl (C=O) groups excluding carboxylic acids is 2. The van der Waals surface area contributed by atoms with Crippen molar-refractivity contribution in [3.63, 3.8) is 0 Å². The molecule has 0 saturated heterocycles. The number of benzene rings is 2. The second-order valence-electron chi connectivity index (χ2n) is 4.79. The van der Waals surface area contributed by atoms with Gasteiger partial charge >= 0.3 is 0 Å². The van der Waals surface area contributed by atoms with Crippen LogP contribution in [0.2, 0.25) is 10.0 Å². The van der Waals surface area contributed by atoms with Crippen LogP contribution in [0.1, 0.15) is 6.92 Å². The van der Waals surface area contributed by atoms with E-state index >= 15 is 0 Å². The highest BCUT2D eigenvalue weighted by atomic mass is 35.5. The molecule has 2 N–H and O–H groups in total. The van der Waals surface area contributed by atoms with E-state index in [0.29, 0.717) is 15.7 Å². The molecule has 2 aromatic carbocycles. The van der Waals surface area contributed by atoms with E-state index in [1.54, 1.807) is 6.07 Å². The zero-order valence-corrected chi connectivity index (χ0v) is 14.0. The molecule has 0 atom stereocenters. The van der Waals surface area contributed by atoms with Gasteiger partial charge in [-0.15, -0.1) is 0 Å². The van der Waals surface area contributed by atoms with Gasteiger partial charge in [-0.25, -0.2) is 4.39 Å². The lowest BCUT2D eigenvalue weighted by atomic mass is 10.2. The third kappa shape index (κ3) is 5.11. The number of hydrogen-bond acceptors (Lipinski definition) is 3. The first-order chi connectivity index (χ1) is 11.3. The molecule has 0 heterocycles. The van der Waals surface area contributed by atoms with Crippen molar-refractivity contribution in [1.29, 1.82) is 0 Å². The van der Waals surface area contributed by atoms with E-state index in [1.165, 1.54) is 31.2 Å². The van der Waals surface area contributed by atoms with E-state index < -0.39 is 11.7 Å². The first-order valence-electron chi connectivity index (χ1n) is 6.80. The molecule has 126 valence electrons. The van der Waals surface area contributed by atoms with Crippen LogP contribution in [0, 0.1) is 5.82 Å². The van der Waals surface area contributed by atoms with Crippen LogP contribution in [-0.2, 0) is 9.59 Å². The van der Waals surface area contributed by atoms with Crippen LogP contribution < -0.4 is 15.4 Å². The minimum Gasteiger partial charge on any atom is -0.482 e. The Hall–Kier alpha value is -2.31. The topological polar surface area (TPSA) is 67.4 Å². The fourth-order valence-electron chi connectivity index (χ4n) is 1.82. The Bertz CT molecular complexity index is 784.